The molecule has 35 heavy (non-hydrogen) atoms. The molecular formula is C24H19ClF2N6O2. The Morgan fingerprint density at radius 3 is 2.74 bits per heavy atom. The van der Waals surface area contributed by atoms with Crippen molar-refractivity contribution in [2.45, 2.75) is 13.5 Å². The molecule has 0 aliphatic carbocycles. The van der Waals surface area contributed by atoms with Gasteiger partial charge < -0.3 is 15.5 Å². The number of alkyl halides is 2. The van der Waals surface area contributed by atoms with Gasteiger partial charge >= 0.3 is 6.61 Å². The van der Waals surface area contributed by atoms with Crippen molar-refractivity contribution in [3.63, 3.8) is 0 Å². The molecule has 2 heterocycles. The highest BCUT2D eigenvalue weighted by molar-refractivity contribution is 6.30. The molecule has 0 unspecified atom stereocenters. The van der Waals surface area contributed by atoms with Crippen LogP contribution in [0, 0.1) is 12.3 Å². The third-order valence-electron chi connectivity index (χ3n) is 4.91. The molecule has 8 nitrogen and oxygen atoms in total. The lowest BCUT2D eigenvalue weighted by Gasteiger charge is -2.15. The van der Waals surface area contributed by atoms with Gasteiger partial charge in [0.1, 0.15) is 0 Å². The maximum Gasteiger partial charge on any atom is 0.388 e. The molecule has 0 saturated heterocycles. The molecule has 0 aliphatic rings. The molecule has 0 bridgehead atoms. The monoisotopic (exact) mass is 496 g/mol. The topological polar surface area (TPSA) is 97.8 Å². The molecule has 4 aromatic rings. The molecule has 2 N–H and O–H groups in total. The molecule has 2 aromatic heterocycles. The molecule has 0 radical (unpaired) electrons. The van der Waals surface area contributed by atoms with Crippen LogP contribution >= 0.6 is 11.6 Å². The third-order valence-corrected chi connectivity index (χ3v) is 5.14. The van der Waals surface area contributed by atoms with Crippen molar-refractivity contribution in [3.8, 4) is 17.3 Å². The number of anilines is 1. The summed E-state index contributed by atoms with van der Waals surface area (Å²) in [5.74, 6) is -0.0931. The van der Waals surface area contributed by atoms with Gasteiger partial charge in [-0.2, -0.15) is 19.0 Å². The van der Waals surface area contributed by atoms with E-state index in [-0.39, 0.29) is 17.0 Å². The minimum atomic E-state index is -2.97. The number of rotatable bonds is 8. The van der Waals surface area contributed by atoms with Crippen LogP contribution in [0.2, 0.25) is 5.02 Å². The Labute approximate surface area is 203 Å². The highest BCUT2D eigenvalue weighted by Gasteiger charge is 2.14. The maximum absolute atomic E-state index is 12.7. The summed E-state index contributed by atoms with van der Waals surface area (Å²) in [6.45, 7) is -1.16. The Bertz CT molecular complexity index is 1460. The Hall–Kier alpha value is -4.31. The first-order valence-corrected chi connectivity index (χ1v) is 10.7. The fraction of sp³-hybridized carbons (Fsp3) is 0.0833. The minimum absolute atomic E-state index is 0.0931. The lowest BCUT2D eigenvalue weighted by molar-refractivity contribution is -0.0544. The predicted molar refractivity (Wildman–Crippen MR) is 130 cm³/mol. The first-order valence-electron chi connectivity index (χ1n) is 10.3. The predicted octanol–water partition coefficient (Wildman–Crippen LogP) is 5.08. The second-order valence-electron chi connectivity index (χ2n) is 7.29. The molecule has 0 spiro atoms. The van der Waals surface area contributed by atoms with E-state index in [2.05, 4.69) is 20.3 Å². The fourth-order valence-corrected chi connectivity index (χ4v) is 3.60. The summed E-state index contributed by atoms with van der Waals surface area (Å²) < 4.78 is 32.6. The number of hydrogen-bond acceptors (Lipinski definition) is 6. The van der Waals surface area contributed by atoms with Crippen LogP contribution in [0.4, 0.5) is 14.5 Å². The van der Waals surface area contributed by atoms with Crippen LogP contribution in [0.3, 0.4) is 0 Å². The molecule has 0 fully saturated rings. The molecule has 0 atom stereocenters. The lowest BCUT2D eigenvalue weighted by atomic mass is 10.1. The van der Waals surface area contributed by atoms with E-state index in [1.165, 1.54) is 40.0 Å². The van der Waals surface area contributed by atoms with Crippen molar-refractivity contribution in [1.82, 2.24) is 19.6 Å². The summed E-state index contributed by atoms with van der Waals surface area (Å²) in [7, 11) is 0. The number of allylic oxidation sites excluding steroid dienone is 1. The van der Waals surface area contributed by atoms with E-state index in [0.29, 0.717) is 27.8 Å². The quantitative estimate of drug-likeness (QED) is 0.331. The highest BCUT2D eigenvalue weighted by Crippen LogP contribution is 2.23. The normalized spacial score (nSPS) is 11.5. The van der Waals surface area contributed by atoms with Crippen molar-refractivity contribution in [3.05, 3.63) is 99.6 Å². The Balaban J connectivity index is 1.70. The van der Waals surface area contributed by atoms with Crippen molar-refractivity contribution in [1.29, 1.82) is 5.41 Å². The van der Waals surface area contributed by atoms with Gasteiger partial charge in [0.25, 0.3) is 0 Å². The van der Waals surface area contributed by atoms with Gasteiger partial charge in [-0.1, -0.05) is 17.7 Å². The minimum Gasteiger partial charge on any atom is -0.417 e. The van der Waals surface area contributed by atoms with E-state index in [9.17, 15) is 13.6 Å². The maximum atomic E-state index is 12.7. The van der Waals surface area contributed by atoms with E-state index < -0.39 is 6.61 Å². The molecule has 0 saturated carbocycles. The largest absolute Gasteiger partial charge is 0.417 e. The summed E-state index contributed by atoms with van der Waals surface area (Å²) in [6.07, 6.45) is 5.36. The summed E-state index contributed by atoms with van der Waals surface area (Å²) >= 11 is 6.05. The van der Waals surface area contributed by atoms with Crippen LogP contribution in [0.15, 0.2) is 77.9 Å². The zero-order chi connectivity index (χ0) is 24.9. The summed E-state index contributed by atoms with van der Waals surface area (Å²) in [4.78, 5) is 12.7. The Morgan fingerprint density at radius 1 is 1.20 bits per heavy atom. The first kappa shape index (κ1) is 23.8. The van der Waals surface area contributed by atoms with Crippen molar-refractivity contribution < 1.29 is 13.5 Å². The molecule has 0 amide bonds. The molecule has 0 aliphatic heterocycles. The second-order valence-corrected chi connectivity index (χ2v) is 7.72. The number of hydrogen-bond donors (Lipinski definition) is 2. The number of aryl methyl sites for hydroxylation is 1. The van der Waals surface area contributed by atoms with Gasteiger partial charge in [0.05, 0.1) is 23.3 Å². The van der Waals surface area contributed by atoms with Gasteiger partial charge in [-0.25, -0.2) is 9.36 Å². The molecular weight excluding hydrogens is 478 g/mol. The number of nitrogens with zero attached hydrogens (tertiary/aromatic N) is 4. The summed E-state index contributed by atoms with van der Waals surface area (Å²) in [6, 6.07) is 14.8. The van der Waals surface area contributed by atoms with E-state index in [0.717, 1.165) is 11.8 Å². The number of aromatic nitrogens is 4. The fourth-order valence-electron chi connectivity index (χ4n) is 3.41. The number of nitrogens with one attached hydrogen (secondary N) is 2. The standard InChI is InChI=1S/C24H19ClF2N6O2/c1-15-13-18(33-22(8-11-29-33)35-24(26)27)5-6-20(15)32-12-9-21(34)23(31-32)19(7-10-28)30-17-4-2-3-16(25)14-17/h2-14,24,28,30H,1H3/b19-7-,28-10?. The SMILES string of the molecule is Cc1cc(-n2nccc2OC(F)F)ccc1-n1ccc(=O)c(/C(=C/C=N)Nc2cccc(Cl)c2)n1. The van der Waals surface area contributed by atoms with E-state index in [1.807, 2.05) is 6.92 Å². The van der Waals surface area contributed by atoms with Crippen molar-refractivity contribution in [2.75, 3.05) is 5.32 Å². The van der Waals surface area contributed by atoms with Crippen LogP contribution in [0.25, 0.3) is 17.1 Å². The van der Waals surface area contributed by atoms with Gasteiger partial charge in [-0.05, 0) is 55.0 Å². The average Bonchev–Trinajstić information content (AvgIpc) is 3.27. The third kappa shape index (κ3) is 5.44. The zero-order valence-corrected chi connectivity index (χ0v) is 19.1. The van der Waals surface area contributed by atoms with Gasteiger partial charge in [-0.15, -0.1) is 0 Å². The first-order chi connectivity index (χ1) is 16.9. The number of halogens is 3. The van der Waals surface area contributed by atoms with Gasteiger partial charge in [0.15, 0.2) is 5.69 Å². The van der Waals surface area contributed by atoms with Crippen molar-refractivity contribution in [2.24, 2.45) is 0 Å². The van der Waals surface area contributed by atoms with E-state index >= 15 is 0 Å². The molecule has 11 heteroatoms. The molecule has 2 aromatic carbocycles. The summed E-state index contributed by atoms with van der Waals surface area (Å²) in [5.41, 5.74) is 2.60. The smallest absolute Gasteiger partial charge is 0.388 e. The zero-order valence-electron chi connectivity index (χ0n) is 18.3. The lowest BCUT2D eigenvalue weighted by Crippen LogP contribution is -2.19. The van der Waals surface area contributed by atoms with Crippen LogP contribution in [0.1, 0.15) is 11.3 Å². The number of benzene rings is 2. The summed E-state index contributed by atoms with van der Waals surface area (Å²) in [5, 5.41) is 19.6. The average molecular weight is 497 g/mol. The van der Waals surface area contributed by atoms with Gasteiger partial charge in [0, 0.05) is 35.3 Å². The number of ether oxygens (including phenoxy) is 1. The van der Waals surface area contributed by atoms with E-state index in [1.54, 1.807) is 42.5 Å². The van der Waals surface area contributed by atoms with Gasteiger partial charge in [0.2, 0.25) is 11.3 Å². The Morgan fingerprint density at radius 2 is 2.03 bits per heavy atom. The van der Waals surface area contributed by atoms with Crippen LogP contribution < -0.4 is 15.5 Å². The van der Waals surface area contributed by atoms with Gasteiger partial charge in [-0.3, -0.25) is 4.79 Å². The Kier molecular flexibility index (Phi) is 7.02. The molecule has 4 rings (SSSR count). The second kappa shape index (κ2) is 10.3. The van der Waals surface area contributed by atoms with Crippen LogP contribution in [-0.2, 0) is 0 Å². The van der Waals surface area contributed by atoms with Crippen LogP contribution in [0.5, 0.6) is 5.88 Å². The van der Waals surface area contributed by atoms with Crippen molar-refractivity contribution >= 4 is 29.2 Å². The van der Waals surface area contributed by atoms with E-state index in [4.69, 9.17) is 17.0 Å². The van der Waals surface area contributed by atoms with Crippen LogP contribution in [-0.4, -0.2) is 32.4 Å². The highest BCUT2D eigenvalue weighted by atomic mass is 35.5. The molecule has 178 valence electrons.